The van der Waals surface area contributed by atoms with E-state index < -0.39 is 0 Å². The number of rotatable bonds is 7. The van der Waals surface area contributed by atoms with Gasteiger partial charge < -0.3 is 14.8 Å². The van der Waals surface area contributed by atoms with Gasteiger partial charge in [-0.05, 0) is 73.5 Å². The van der Waals surface area contributed by atoms with Gasteiger partial charge in [0, 0.05) is 16.8 Å². The van der Waals surface area contributed by atoms with E-state index in [1.54, 1.807) is 6.07 Å². The van der Waals surface area contributed by atoms with Crippen LogP contribution in [0, 0.1) is 13.8 Å². The average molecular weight is 426 g/mol. The van der Waals surface area contributed by atoms with Crippen LogP contribution in [0.25, 0.3) is 10.8 Å². The van der Waals surface area contributed by atoms with Crippen molar-refractivity contribution >= 4 is 22.4 Å². The van der Waals surface area contributed by atoms with Crippen LogP contribution >= 0.6 is 0 Å². The monoisotopic (exact) mass is 425 g/mol. The van der Waals surface area contributed by atoms with Crippen molar-refractivity contribution in [1.82, 2.24) is 0 Å². The molecule has 0 saturated heterocycles. The lowest BCUT2D eigenvalue weighted by molar-refractivity contribution is 0.102. The number of carbonyl (C=O) groups excluding carboxylic acids is 1. The van der Waals surface area contributed by atoms with Crippen LogP contribution < -0.4 is 14.8 Å². The zero-order chi connectivity index (χ0) is 22.5. The van der Waals surface area contributed by atoms with Crippen LogP contribution in [0.15, 0.2) is 78.9 Å². The quantitative estimate of drug-likeness (QED) is 0.359. The number of benzene rings is 4. The molecule has 0 radical (unpaired) electrons. The van der Waals surface area contributed by atoms with Crippen molar-refractivity contribution in [3.63, 3.8) is 0 Å². The number of amides is 1. The molecule has 0 aliphatic carbocycles. The number of ether oxygens (including phenoxy) is 2. The van der Waals surface area contributed by atoms with E-state index in [4.69, 9.17) is 9.47 Å². The molecule has 0 fully saturated rings. The van der Waals surface area contributed by atoms with Gasteiger partial charge >= 0.3 is 0 Å². The predicted octanol–water partition coefficient (Wildman–Crippen LogP) is 6.69. The summed E-state index contributed by atoms with van der Waals surface area (Å²) in [5.41, 5.74) is 4.39. The zero-order valence-electron chi connectivity index (χ0n) is 18.6. The van der Waals surface area contributed by atoms with Crippen molar-refractivity contribution < 1.29 is 14.3 Å². The number of nitrogens with one attached hydrogen (secondary N) is 1. The van der Waals surface area contributed by atoms with Crippen LogP contribution in [0.3, 0.4) is 0 Å². The van der Waals surface area contributed by atoms with Crippen molar-refractivity contribution in [2.45, 2.75) is 27.4 Å². The largest absolute Gasteiger partial charge is 0.493 e. The van der Waals surface area contributed by atoms with Crippen molar-refractivity contribution in [1.29, 1.82) is 0 Å². The number of anilines is 1. The summed E-state index contributed by atoms with van der Waals surface area (Å²) >= 11 is 0. The zero-order valence-corrected chi connectivity index (χ0v) is 18.6. The molecule has 0 unspecified atom stereocenters. The maximum absolute atomic E-state index is 12.9. The Morgan fingerprint density at radius 2 is 1.66 bits per heavy atom. The van der Waals surface area contributed by atoms with Crippen LogP contribution in [0.4, 0.5) is 5.69 Å². The van der Waals surface area contributed by atoms with E-state index in [-0.39, 0.29) is 5.91 Å². The second-order valence-electron chi connectivity index (χ2n) is 7.83. The molecule has 1 N–H and O–H groups in total. The van der Waals surface area contributed by atoms with Crippen molar-refractivity contribution in [2.24, 2.45) is 0 Å². The SMILES string of the molecule is CCOc1ccc(C(=O)Nc2ccc(C)cc2C)cc1COc1ccc2ccccc2c1. The Kier molecular flexibility index (Phi) is 6.41. The molecule has 4 heteroatoms. The third kappa shape index (κ3) is 4.92. The van der Waals surface area contributed by atoms with Crippen LogP contribution in [-0.4, -0.2) is 12.5 Å². The van der Waals surface area contributed by atoms with Gasteiger partial charge in [0.25, 0.3) is 5.91 Å². The van der Waals surface area contributed by atoms with Gasteiger partial charge in [-0.2, -0.15) is 0 Å². The summed E-state index contributed by atoms with van der Waals surface area (Å²) in [6, 6.07) is 25.6. The second kappa shape index (κ2) is 9.56. The van der Waals surface area contributed by atoms with E-state index in [2.05, 4.69) is 23.5 Å². The molecule has 0 aliphatic rings. The smallest absolute Gasteiger partial charge is 0.255 e. The average Bonchev–Trinajstić information content (AvgIpc) is 2.80. The maximum Gasteiger partial charge on any atom is 0.255 e. The first-order valence-corrected chi connectivity index (χ1v) is 10.8. The van der Waals surface area contributed by atoms with Gasteiger partial charge in [-0.15, -0.1) is 0 Å². The van der Waals surface area contributed by atoms with Crippen molar-refractivity contribution in [2.75, 3.05) is 11.9 Å². The molecular formula is C28H27NO3. The lowest BCUT2D eigenvalue weighted by Gasteiger charge is -2.14. The minimum absolute atomic E-state index is 0.160. The Bertz CT molecular complexity index is 1260. The number of hydrogen-bond donors (Lipinski definition) is 1. The Labute approximate surface area is 188 Å². The molecule has 0 spiro atoms. The first kappa shape index (κ1) is 21.4. The van der Waals surface area contributed by atoms with E-state index in [0.29, 0.717) is 18.8 Å². The lowest BCUT2D eigenvalue weighted by Crippen LogP contribution is -2.14. The van der Waals surface area contributed by atoms with Crippen molar-refractivity contribution in [3.8, 4) is 11.5 Å². The van der Waals surface area contributed by atoms with Gasteiger partial charge in [0.15, 0.2) is 0 Å². The highest BCUT2D eigenvalue weighted by Gasteiger charge is 2.13. The summed E-state index contributed by atoms with van der Waals surface area (Å²) in [6.45, 7) is 6.81. The lowest BCUT2D eigenvalue weighted by atomic mass is 10.1. The molecule has 0 saturated carbocycles. The fourth-order valence-corrected chi connectivity index (χ4v) is 3.70. The number of hydrogen-bond acceptors (Lipinski definition) is 3. The Morgan fingerprint density at radius 3 is 2.44 bits per heavy atom. The standard InChI is InChI=1S/C28H27NO3/c1-4-31-27-14-11-23(28(30)29-26-13-9-19(2)15-20(26)3)16-24(27)18-32-25-12-10-21-7-5-6-8-22(21)17-25/h5-17H,4,18H2,1-3H3,(H,29,30). The van der Waals surface area contributed by atoms with E-state index >= 15 is 0 Å². The maximum atomic E-state index is 12.9. The first-order valence-electron chi connectivity index (χ1n) is 10.8. The molecule has 162 valence electrons. The highest BCUT2D eigenvalue weighted by molar-refractivity contribution is 6.04. The van der Waals surface area contributed by atoms with Gasteiger partial charge in [-0.3, -0.25) is 4.79 Å². The van der Waals surface area contributed by atoms with E-state index in [9.17, 15) is 4.79 Å². The normalized spacial score (nSPS) is 10.7. The van der Waals surface area contributed by atoms with Crippen LogP contribution in [0.2, 0.25) is 0 Å². The van der Waals surface area contributed by atoms with Gasteiger partial charge in [-0.25, -0.2) is 0 Å². The number of fused-ring (bicyclic) bond motifs is 1. The predicted molar refractivity (Wildman–Crippen MR) is 130 cm³/mol. The van der Waals surface area contributed by atoms with Gasteiger partial charge in [0.05, 0.1) is 6.61 Å². The molecular weight excluding hydrogens is 398 g/mol. The van der Waals surface area contributed by atoms with E-state index in [1.165, 1.54) is 5.39 Å². The van der Waals surface area contributed by atoms with E-state index in [0.717, 1.165) is 39.3 Å². The highest BCUT2D eigenvalue weighted by Crippen LogP contribution is 2.26. The van der Waals surface area contributed by atoms with Crippen molar-refractivity contribution in [3.05, 3.63) is 101 Å². The minimum Gasteiger partial charge on any atom is -0.493 e. The summed E-state index contributed by atoms with van der Waals surface area (Å²) in [4.78, 5) is 12.9. The van der Waals surface area contributed by atoms with Crippen LogP contribution in [-0.2, 0) is 6.61 Å². The fraction of sp³-hybridized carbons (Fsp3) is 0.179. The number of aryl methyl sites for hydroxylation is 2. The Morgan fingerprint density at radius 1 is 0.844 bits per heavy atom. The Hall–Kier alpha value is -3.79. The van der Waals surface area contributed by atoms with Gasteiger partial charge in [0.1, 0.15) is 18.1 Å². The second-order valence-corrected chi connectivity index (χ2v) is 7.83. The Balaban J connectivity index is 1.54. The third-order valence-electron chi connectivity index (χ3n) is 5.37. The molecule has 0 heterocycles. The van der Waals surface area contributed by atoms with E-state index in [1.807, 2.05) is 75.4 Å². The molecule has 4 aromatic carbocycles. The molecule has 0 aromatic heterocycles. The molecule has 4 nitrogen and oxygen atoms in total. The summed E-state index contributed by atoms with van der Waals surface area (Å²) < 4.78 is 11.8. The van der Waals surface area contributed by atoms with Crippen LogP contribution in [0.1, 0.15) is 34.0 Å². The number of carbonyl (C=O) groups is 1. The van der Waals surface area contributed by atoms with Gasteiger partial charge in [0.2, 0.25) is 0 Å². The topological polar surface area (TPSA) is 47.6 Å². The summed E-state index contributed by atoms with van der Waals surface area (Å²) in [7, 11) is 0. The summed E-state index contributed by atoms with van der Waals surface area (Å²) in [5, 5.41) is 5.29. The third-order valence-corrected chi connectivity index (χ3v) is 5.37. The highest BCUT2D eigenvalue weighted by atomic mass is 16.5. The molecule has 0 bridgehead atoms. The molecule has 4 rings (SSSR count). The van der Waals surface area contributed by atoms with Crippen LogP contribution in [0.5, 0.6) is 11.5 Å². The molecule has 4 aromatic rings. The summed E-state index contributed by atoms with van der Waals surface area (Å²) in [5.74, 6) is 1.33. The fourth-order valence-electron chi connectivity index (χ4n) is 3.70. The molecule has 0 aliphatic heterocycles. The molecule has 32 heavy (non-hydrogen) atoms. The minimum atomic E-state index is -0.160. The molecule has 0 atom stereocenters. The van der Waals surface area contributed by atoms with Gasteiger partial charge in [-0.1, -0.05) is 48.0 Å². The first-order chi connectivity index (χ1) is 15.5. The molecule has 1 amide bonds. The summed E-state index contributed by atoms with van der Waals surface area (Å²) in [6.07, 6.45) is 0.